The highest BCUT2D eigenvalue weighted by atomic mass is 79.9. The van der Waals surface area contributed by atoms with Crippen LogP contribution in [0.2, 0.25) is 0 Å². The van der Waals surface area contributed by atoms with E-state index in [9.17, 15) is 9.18 Å². The summed E-state index contributed by atoms with van der Waals surface area (Å²) in [6.45, 7) is 0. The number of carbonyl (C=O) groups excluding carboxylic acids is 1. The highest BCUT2D eigenvalue weighted by Crippen LogP contribution is 2.28. The molecule has 3 rings (SSSR count). The number of benzene rings is 3. The third-order valence-corrected chi connectivity index (χ3v) is 4.45. The molecule has 120 valence electrons. The molecule has 0 aliphatic heterocycles. The lowest BCUT2D eigenvalue weighted by Crippen LogP contribution is -2.29. The lowest BCUT2D eigenvalue weighted by molar-refractivity contribution is 0.0943. The van der Waals surface area contributed by atoms with E-state index in [1.165, 1.54) is 24.3 Å². The topological polar surface area (TPSA) is 29.1 Å². The average Bonchev–Trinajstić information content (AvgIpc) is 2.61. The van der Waals surface area contributed by atoms with Crippen LogP contribution in [0, 0.1) is 5.82 Å². The zero-order valence-corrected chi connectivity index (χ0v) is 14.3. The lowest BCUT2D eigenvalue weighted by Gasteiger charge is -2.21. The average molecular weight is 384 g/mol. The normalized spacial score (nSPS) is 11.8. The van der Waals surface area contributed by atoms with Crippen LogP contribution in [0.25, 0.3) is 0 Å². The Hall–Kier alpha value is -2.46. The summed E-state index contributed by atoms with van der Waals surface area (Å²) >= 11 is 3.55. The predicted molar refractivity (Wildman–Crippen MR) is 96.3 cm³/mol. The van der Waals surface area contributed by atoms with Crippen LogP contribution in [0.4, 0.5) is 4.39 Å². The van der Waals surface area contributed by atoms with Gasteiger partial charge in [-0.25, -0.2) is 4.39 Å². The van der Waals surface area contributed by atoms with E-state index in [0.29, 0.717) is 5.56 Å². The first-order valence-corrected chi connectivity index (χ1v) is 8.30. The van der Waals surface area contributed by atoms with Gasteiger partial charge in [0, 0.05) is 10.0 Å². The van der Waals surface area contributed by atoms with Gasteiger partial charge in [-0.15, -0.1) is 0 Å². The summed E-state index contributed by atoms with van der Waals surface area (Å²) in [6, 6.07) is 22.7. The van der Waals surface area contributed by atoms with Crippen molar-refractivity contribution in [2.45, 2.75) is 6.04 Å². The van der Waals surface area contributed by atoms with Gasteiger partial charge in [0.25, 0.3) is 5.91 Å². The predicted octanol–water partition coefficient (Wildman–Crippen LogP) is 5.11. The first-order chi connectivity index (χ1) is 11.6. The van der Waals surface area contributed by atoms with Gasteiger partial charge in [-0.3, -0.25) is 4.79 Å². The summed E-state index contributed by atoms with van der Waals surface area (Å²) in [5.74, 6) is -0.614. The van der Waals surface area contributed by atoms with Crippen molar-refractivity contribution in [2.24, 2.45) is 0 Å². The van der Waals surface area contributed by atoms with Crippen LogP contribution in [0.5, 0.6) is 0 Å². The fourth-order valence-electron chi connectivity index (χ4n) is 2.51. The summed E-state index contributed by atoms with van der Waals surface area (Å²) in [4.78, 5) is 12.6. The van der Waals surface area contributed by atoms with Gasteiger partial charge in [-0.1, -0.05) is 64.5 Å². The van der Waals surface area contributed by atoms with Crippen molar-refractivity contribution in [3.63, 3.8) is 0 Å². The molecule has 0 fully saturated rings. The molecule has 0 aromatic heterocycles. The minimum absolute atomic E-state index is 0.250. The number of nitrogens with one attached hydrogen (secondary N) is 1. The second-order valence-corrected chi connectivity index (χ2v) is 6.20. The van der Waals surface area contributed by atoms with Gasteiger partial charge in [0.15, 0.2) is 0 Å². The van der Waals surface area contributed by atoms with Crippen molar-refractivity contribution < 1.29 is 9.18 Å². The van der Waals surface area contributed by atoms with E-state index in [2.05, 4.69) is 21.2 Å². The van der Waals surface area contributed by atoms with E-state index in [4.69, 9.17) is 0 Å². The third-order valence-electron chi connectivity index (χ3n) is 3.73. The van der Waals surface area contributed by atoms with E-state index in [-0.39, 0.29) is 17.8 Å². The number of halogens is 2. The van der Waals surface area contributed by atoms with Crippen LogP contribution in [-0.4, -0.2) is 5.91 Å². The Morgan fingerprint density at radius 1 is 0.875 bits per heavy atom. The molecule has 0 unspecified atom stereocenters. The van der Waals surface area contributed by atoms with Crippen LogP contribution in [0.1, 0.15) is 27.5 Å². The van der Waals surface area contributed by atoms with Crippen LogP contribution in [0.15, 0.2) is 83.3 Å². The summed E-state index contributed by atoms with van der Waals surface area (Å²) < 4.78 is 14.0. The molecular weight excluding hydrogens is 369 g/mol. The smallest absolute Gasteiger partial charge is 0.252 e. The summed E-state index contributed by atoms with van der Waals surface area (Å²) in [6.07, 6.45) is 0. The van der Waals surface area contributed by atoms with Gasteiger partial charge in [-0.05, 0) is 41.5 Å². The minimum atomic E-state index is -0.364. The van der Waals surface area contributed by atoms with E-state index < -0.39 is 0 Å². The molecule has 2 nitrogen and oxygen atoms in total. The fourth-order valence-corrected chi connectivity index (χ4v) is 3.02. The number of rotatable bonds is 4. The first kappa shape index (κ1) is 16.4. The Labute approximate surface area is 148 Å². The second kappa shape index (κ2) is 7.41. The van der Waals surface area contributed by atoms with Gasteiger partial charge in [-0.2, -0.15) is 0 Å². The van der Waals surface area contributed by atoms with Crippen molar-refractivity contribution in [3.05, 3.63) is 106 Å². The molecule has 0 saturated carbocycles. The van der Waals surface area contributed by atoms with E-state index in [1.54, 1.807) is 0 Å². The van der Waals surface area contributed by atoms with Crippen molar-refractivity contribution in [2.75, 3.05) is 0 Å². The van der Waals surface area contributed by atoms with Crippen molar-refractivity contribution in [1.82, 2.24) is 5.32 Å². The lowest BCUT2D eigenvalue weighted by atomic mass is 9.98. The molecule has 24 heavy (non-hydrogen) atoms. The molecular formula is C20H15BrFNO. The molecule has 1 N–H and O–H groups in total. The molecule has 0 bridgehead atoms. The standard InChI is InChI=1S/C20H15BrFNO/c21-18-9-5-4-8-17(18)19(14-6-2-1-3-7-14)23-20(24)15-10-12-16(22)13-11-15/h1-13,19H,(H,23,24)/t19-/m0/s1. The molecule has 4 heteroatoms. The van der Waals surface area contributed by atoms with E-state index in [0.717, 1.165) is 15.6 Å². The molecule has 0 aliphatic carbocycles. The van der Waals surface area contributed by atoms with Crippen LogP contribution < -0.4 is 5.32 Å². The highest BCUT2D eigenvalue weighted by Gasteiger charge is 2.19. The van der Waals surface area contributed by atoms with Crippen molar-refractivity contribution in [1.29, 1.82) is 0 Å². The maximum atomic E-state index is 13.1. The van der Waals surface area contributed by atoms with Gasteiger partial charge >= 0.3 is 0 Å². The molecule has 0 spiro atoms. The molecule has 0 aliphatic rings. The Morgan fingerprint density at radius 3 is 2.17 bits per heavy atom. The Bertz CT molecular complexity index is 834. The largest absolute Gasteiger partial charge is 0.341 e. The fraction of sp³-hybridized carbons (Fsp3) is 0.0500. The minimum Gasteiger partial charge on any atom is -0.341 e. The molecule has 1 atom stereocenters. The molecule has 3 aromatic rings. The zero-order chi connectivity index (χ0) is 16.9. The maximum absolute atomic E-state index is 13.1. The second-order valence-electron chi connectivity index (χ2n) is 5.35. The molecule has 1 amide bonds. The quantitative estimate of drug-likeness (QED) is 0.666. The van der Waals surface area contributed by atoms with E-state index in [1.807, 2.05) is 54.6 Å². The molecule has 3 aromatic carbocycles. The maximum Gasteiger partial charge on any atom is 0.252 e. The number of hydrogen-bond donors (Lipinski definition) is 1. The first-order valence-electron chi connectivity index (χ1n) is 7.51. The van der Waals surface area contributed by atoms with Gasteiger partial charge < -0.3 is 5.32 Å². The Balaban J connectivity index is 1.95. The highest BCUT2D eigenvalue weighted by molar-refractivity contribution is 9.10. The zero-order valence-electron chi connectivity index (χ0n) is 12.7. The number of hydrogen-bond acceptors (Lipinski definition) is 1. The monoisotopic (exact) mass is 383 g/mol. The Morgan fingerprint density at radius 2 is 1.50 bits per heavy atom. The van der Waals surface area contributed by atoms with Crippen LogP contribution in [0.3, 0.4) is 0 Å². The summed E-state index contributed by atoms with van der Waals surface area (Å²) in [7, 11) is 0. The van der Waals surface area contributed by atoms with Crippen molar-refractivity contribution in [3.8, 4) is 0 Å². The Kier molecular flexibility index (Phi) is 5.06. The number of amides is 1. The summed E-state index contributed by atoms with van der Waals surface area (Å²) in [5, 5.41) is 3.03. The van der Waals surface area contributed by atoms with Crippen LogP contribution in [-0.2, 0) is 0 Å². The van der Waals surface area contributed by atoms with Gasteiger partial charge in [0.05, 0.1) is 6.04 Å². The SMILES string of the molecule is O=C(N[C@@H](c1ccccc1)c1ccccc1Br)c1ccc(F)cc1. The third kappa shape index (κ3) is 3.71. The molecule has 0 radical (unpaired) electrons. The van der Waals surface area contributed by atoms with Gasteiger partial charge in [0.1, 0.15) is 5.82 Å². The molecule has 0 heterocycles. The number of carbonyl (C=O) groups is 1. The van der Waals surface area contributed by atoms with E-state index >= 15 is 0 Å². The van der Waals surface area contributed by atoms with Crippen molar-refractivity contribution >= 4 is 21.8 Å². The van der Waals surface area contributed by atoms with Crippen LogP contribution >= 0.6 is 15.9 Å². The van der Waals surface area contributed by atoms with Gasteiger partial charge in [0.2, 0.25) is 0 Å². The molecule has 0 saturated heterocycles. The summed E-state index contributed by atoms with van der Waals surface area (Å²) in [5.41, 5.74) is 2.35.